The van der Waals surface area contributed by atoms with E-state index in [-0.39, 0.29) is 51.6 Å². The van der Waals surface area contributed by atoms with E-state index in [1.54, 1.807) is 23.9 Å². The zero-order valence-corrected chi connectivity index (χ0v) is 22.7. The van der Waals surface area contributed by atoms with Gasteiger partial charge in [0.25, 0.3) is 0 Å². The van der Waals surface area contributed by atoms with Crippen molar-refractivity contribution in [3.63, 3.8) is 0 Å². The van der Waals surface area contributed by atoms with Crippen molar-refractivity contribution in [1.29, 1.82) is 0 Å². The van der Waals surface area contributed by atoms with Crippen LogP contribution >= 0.6 is 34.0 Å². The van der Waals surface area contributed by atoms with E-state index in [4.69, 9.17) is 0 Å². The second kappa shape index (κ2) is 11.8. The molecule has 1 heterocycles. The third kappa shape index (κ3) is 7.36. The molecule has 0 aliphatic carbocycles. The number of carbonyl (C=O) groups excluding carboxylic acids is 1. The van der Waals surface area contributed by atoms with Crippen molar-refractivity contribution >= 4 is 45.8 Å². The number of aryl methyl sites for hydroxylation is 2. The summed E-state index contributed by atoms with van der Waals surface area (Å²) in [6, 6.07) is 12.3. The van der Waals surface area contributed by atoms with Crippen LogP contribution in [0.1, 0.15) is 50.1 Å². The summed E-state index contributed by atoms with van der Waals surface area (Å²) in [7, 11) is 3.53. The third-order valence-corrected chi connectivity index (χ3v) is 4.72. The number of amides is 2. The van der Waals surface area contributed by atoms with Crippen LogP contribution in [0.15, 0.2) is 36.4 Å². The predicted octanol–water partition coefficient (Wildman–Crippen LogP) is 5.78. The summed E-state index contributed by atoms with van der Waals surface area (Å²) >= 11 is 0. The highest BCUT2D eigenvalue weighted by Crippen LogP contribution is 2.26. The maximum Gasteiger partial charge on any atom is 0.326 e. The number of nitrogens with zero attached hydrogens (tertiary/aromatic N) is 3. The Morgan fingerprint density at radius 1 is 1.10 bits per heavy atom. The van der Waals surface area contributed by atoms with Gasteiger partial charge < -0.3 is 4.90 Å². The van der Waals surface area contributed by atoms with Gasteiger partial charge in [-0.05, 0) is 55.0 Å². The molecule has 0 fully saturated rings. The van der Waals surface area contributed by atoms with Gasteiger partial charge in [-0.2, -0.15) is 0 Å². The lowest BCUT2D eigenvalue weighted by atomic mass is 9.84. The minimum Gasteiger partial charge on any atom is -0.330 e. The molecular weight excluding hydrogens is 508 g/mol. The number of nitrogens with one attached hydrogen (secondary N) is 1. The second-order valence-electron chi connectivity index (χ2n) is 8.66. The Hall–Kier alpha value is -1.44. The lowest BCUT2D eigenvalue weighted by Crippen LogP contribution is -2.51. The van der Waals surface area contributed by atoms with Gasteiger partial charge in [0.1, 0.15) is 5.82 Å². The molecule has 0 radical (unpaired) electrons. The van der Waals surface area contributed by atoms with Crippen LogP contribution in [0.3, 0.4) is 0 Å². The number of rotatable bonds is 5. The van der Waals surface area contributed by atoms with E-state index in [9.17, 15) is 4.79 Å². The molecule has 0 saturated carbocycles. The largest absolute Gasteiger partial charge is 0.330 e. The topological polar surface area (TPSA) is 48.5 Å². The number of hydrogen-bond acceptors (Lipinski definition) is 3. The molecule has 5 nitrogen and oxygen atoms in total. The first-order valence-corrected chi connectivity index (χ1v) is 9.78. The summed E-state index contributed by atoms with van der Waals surface area (Å²) in [5.41, 5.74) is 4.61. The van der Waals surface area contributed by atoms with Gasteiger partial charge >= 0.3 is 6.03 Å². The Labute approximate surface area is 202 Å². The molecule has 30 heavy (non-hydrogen) atoms. The Morgan fingerprint density at radius 2 is 1.70 bits per heavy atom. The lowest BCUT2D eigenvalue weighted by Gasteiger charge is -2.32. The van der Waals surface area contributed by atoms with Gasteiger partial charge in [0.2, 0.25) is 0 Å². The smallest absolute Gasteiger partial charge is 0.326 e. The Bertz CT molecular complexity index is 814. The highest BCUT2D eigenvalue weighted by atomic mass is 79.9. The molecular formula is C23H36Br2N4O. The summed E-state index contributed by atoms with van der Waals surface area (Å²) in [6.45, 7) is 13.3. The molecule has 2 amide bonds. The number of aromatic nitrogens is 1. The molecule has 1 atom stereocenters. The molecule has 1 aromatic heterocycles. The summed E-state index contributed by atoms with van der Waals surface area (Å²) in [5, 5.41) is 3.52. The fraction of sp³-hybridized carbons (Fsp3) is 0.478. The average Bonchev–Trinajstić information content (AvgIpc) is 2.58. The summed E-state index contributed by atoms with van der Waals surface area (Å²) in [6.07, 6.45) is -0.211. The number of halogens is 2. The van der Waals surface area contributed by atoms with Crippen LogP contribution in [0.5, 0.6) is 0 Å². The molecule has 2 rings (SSSR count). The van der Waals surface area contributed by atoms with Crippen LogP contribution in [-0.2, 0) is 12.0 Å². The number of pyridine rings is 1. The molecule has 0 saturated heterocycles. The molecule has 1 aromatic carbocycles. The first-order valence-electron chi connectivity index (χ1n) is 9.78. The SMILES string of the molecule is Br.Br.Cc1cc(C)nc(N(C(=O)N(C)C)C(C)NCc2ccccc2C(C)(C)C)c1. The van der Waals surface area contributed by atoms with Crippen molar-refractivity contribution in [3.05, 3.63) is 58.8 Å². The number of urea groups is 1. The van der Waals surface area contributed by atoms with Crippen LogP contribution in [0.2, 0.25) is 0 Å². The van der Waals surface area contributed by atoms with E-state index in [1.807, 2.05) is 32.9 Å². The van der Waals surface area contributed by atoms with Crippen molar-refractivity contribution in [3.8, 4) is 0 Å². The number of carbonyl (C=O) groups is 1. The predicted molar refractivity (Wildman–Crippen MR) is 137 cm³/mol. The van der Waals surface area contributed by atoms with Crippen LogP contribution < -0.4 is 10.2 Å². The summed E-state index contributed by atoms with van der Waals surface area (Å²) in [4.78, 5) is 20.8. The summed E-state index contributed by atoms with van der Waals surface area (Å²) < 4.78 is 0. The molecule has 1 N–H and O–H groups in total. The van der Waals surface area contributed by atoms with Crippen LogP contribution in [0.4, 0.5) is 10.6 Å². The summed E-state index contributed by atoms with van der Waals surface area (Å²) in [5.74, 6) is 0.667. The van der Waals surface area contributed by atoms with E-state index in [0.717, 1.165) is 11.3 Å². The van der Waals surface area contributed by atoms with Crippen molar-refractivity contribution in [2.45, 2.75) is 59.7 Å². The van der Waals surface area contributed by atoms with Gasteiger partial charge in [-0.3, -0.25) is 10.2 Å². The van der Waals surface area contributed by atoms with Crippen LogP contribution in [0, 0.1) is 13.8 Å². The third-order valence-electron chi connectivity index (χ3n) is 4.72. The van der Waals surface area contributed by atoms with Gasteiger partial charge in [0.05, 0.1) is 6.17 Å². The molecule has 1 unspecified atom stereocenters. The van der Waals surface area contributed by atoms with E-state index >= 15 is 0 Å². The van der Waals surface area contributed by atoms with Crippen molar-refractivity contribution in [2.24, 2.45) is 0 Å². The maximum atomic E-state index is 12.9. The standard InChI is InChI=1S/C23H34N4O.2BrH/c1-16-13-17(2)25-21(14-16)27(22(28)26(7)8)18(3)24-15-19-11-9-10-12-20(19)23(4,5)6;;/h9-14,18,24H,15H2,1-8H3;2*1H. The minimum absolute atomic E-state index is 0. The molecule has 2 aromatic rings. The van der Waals surface area contributed by atoms with Crippen molar-refractivity contribution in [1.82, 2.24) is 15.2 Å². The zero-order valence-electron chi connectivity index (χ0n) is 19.3. The van der Waals surface area contributed by atoms with Gasteiger partial charge in [0, 0.05) is 26.3 Å². The fourth-order valence-electron chi connectivity index (χ4n) is 3.38. The Balaban J connectivity index is 0.00000420. The van der Waals surface area contributed by atoms with Gasteiger partial charge in [-0.25, -0.2) is 9.78 Å². The normalized spacial score (nSPS) is 11.7. The Kier molecular flexibility index (Phi) is 11.3. The van der Waals surface area contributed by atoms with E-state index in [2.05, 4.69) is 55.3 Å². The Morgan fingerprint density at radius 3 is 2.23 bits per heavy atom. The maximum absolute atomic E-state index is 12.9. The molecule has 0 aliphatic rings. The minimum atomic E-state index is -0.211. The first kappa shape index (κ1) is 28.6. The zero-order chi connectivity index (χ0) is 21.1. The first-order chi connectivity index (χ1) is 13.0. The van der Waals surface area contributed by atoms with Gasteiger partial charge in [0.15, 0.2) is 0 Å². The molecule has 0 aliphatic heterocycles. The number of anilines is 1. The molecule has 168 valence electrons. The van der Waals surface area contributed by atoms with E-state index in [1.165, 1.54) is 11.1 Å². The average molecular weight is 544 g/mol. The monoisotopic (exact) mass is 542 g/mol. The van der Waals surface area contributed by atoms with Crippen LogP contribution in [-0.4, -0.2) is 36.2 Å². The molecule has 0 spiro atoms. The lowest BCUT2D eigenvalue weighted by molar-refractivity contribution is 0.220. The van der Waals surface area contributed by atoms with Gasteiger partial charge in [-0.1, -0.05) is 45.0 Å². The molecule has 7 heteroatoms. The second-order valence-corrected chi connectivity index (χ2v) is 8.66. The fourth-order valence-corrected chi connectivity index (χ4v) is 3.38. The highest BCUT2D eigenvalue weighted by molar-refractivity contribution is 8.93. The molecule has 0 bridgehead atoms. The van der Waals surface area contributed by atoms with Crippen LogP contribution in [0.25, 0.3) is 0 Å². The number of benzene rings is 1. The highest BCUT2D eigenvalue weighted by Gasteiger charge is 2.25. The quantitative estimate of drug-likeness (QED) is 0.486. The van der Waals surface area contributed by atoms with E-state index in [0.29, 0.717) is 12.4 Å². The van der Waals surface area contributed by atoms with Crippen molar-refractivity contribution in [2.75, 3.05) is 19.0 Å². The number of hydrogen-bond donors (Lipinski definition) is 1. The van der Waals surface area contributed by atoms with E-state index < -0.39 is 0 Å². The van der Waals surface area contributed by atoms with Crippen molar-refractivity contribution < 1.29 is 4.79 Å². The van der Waals surface area contributed by atoms with Gasteiger partial charge in [-0.15, -0.1) is 34.0 Å².